The zero-order chi connectivity index (χ0) is 6.69. The van der Waals surface area contributed by atoms with Crippen molar-refractivity contribution in [2.75, 3.05) is 5.88 Å². The van der Waals surface area contributed by atoms with Gasteiger partial charge >= 0.3 is 0 Å². The predicted octanol–water partition coefficient (Wildman–Crippen LogP) is 2.82. The standard InChI is InChI=1S/C6H6BrClO/c7-5-2-4-9-6(5)1-3-8/h2,4H,1,3H2. The average Bonchev–Trinajstić information content (AvgIpc) is 2.18. The molecule has 0 aliphatic rings. The number of halogens is 2. The first kappa shape index (κ1) is 7.16. The normalized spacial score (nSPS) is 10.0. The van der Waals surface area contributed by atoms with E-state index in [0.29, 0.717) is 5.88 Å². The zero-order valence-corrected chi connectivity index (χ0v) is 7.08. The predicted molar refractivity (Wildman–Crippen MR) is 40.8 cm³/mol. The van der Waals surface area contributed by atoms with Crippen molar-refractivity contribution < 1.29 is 4.42 Å². The summed E-state index contributed by atoms with van der Waals surface area (Å²) in [6.07, 6.45) is 2.43. The van der Waals surface area contributed by atoms with Crippen LogP contribution < -0.4 is 0 Å². The molecule has 0 aliphatic carbocycles. The first-order valence-electron chi connectivity index (χ1n) is 2.62. The molecular formula is C6H6BrClO. The van der Waals surface area contributed by atoms with Crippen LogP contribution in [0.2, 0.25) is 0 Å². The summed E-state index contributed by atoms with van der Waals surface area (Å²) in [7, 11) is 0. The van der Waals surface area contributed by atoms with Crippen LogP contribution in [0, 0.1) is 0 Å². The van der Waals surface area contributed by atoms with Crippen LogP contribution in [0.5, 0.6) is 0 Å². The van der Waals surface area contributed by atoms with Crippen molar-refractivity contribution in [3.05, 3.63) is 22.6 Å². The highest BCUT2D eigenvalue weighted by Gasteiger charge is 1.99. The van der Waals surface area contributed by atoms with Gasteiger partial charge in [0.2, 0.25) is 0 Å². The molecule has 0 unspecified atom stereocenters. The lowest BCUT2D eigenvalue weighted by molar-refractivity contribution is 0.515. The minimum atomic E-state index is 0.603. The van der Waals surface area contributed by atoms with E-state index in [-0.39, 0.29) is 0 Å². The number of hydrogen-bond donors (Lipinski definition) is 0. The molecule has 0 aromatic carbocycles. The minimum absolute atomic E-state index is 0.603. The van der Waals surface area contributed by atoms with E-state index < -0.39 is 0 Å². The van der Waals surface area contributed by atoms with Gasteiger partial charge in [-0.1, -0.05) is 0 Å². The first-order chi connectivity index (χ1) is 4.34. The first-order valence-corrected chi connectivity index (χ1v) is 3.95. The molecule has 1 nitrogen and oxygen atoms in total. The van der Waals surface area contributed by atoms with Gasteiger partial charge in [-0.3, -0.25) is 0 Å². The number of furan rings is 1. The zero-order valence-electron chi connectivity index (χ0n) is 4.73. The number of alkyl halides is 1. The smallest absolute Gasteiger partial charge is 0.119 e. The molecule has 1 aromatic rings. The van der Waals surface area contributed by atoms with E-state index in [0.717, 1.165) is 16.7 Å². The maximum Gasteiger partial charge on any atom is 0.119 e. The molecule has 0 bridgehead atoms. The SMILES string of the molecule is ClCCc1occc1Br. The molecule has 0 saturated carbocycles. The maximum absolute atomic E-state index is 5.48. The van der Waals surface area contributed by atoms with Gasteiger partial charge in [0.15, 0.2) is 0 Å². The third-order valence-electron chi connectivity index (χ3n) is 1.01. The fourth-order valence-corrected chi connectivity index (χ4v) is 1.16. The van der Waals surface area contributed by atoms with Crippen LogP contribution in [0.25, 0.3) is 0 Å². The van der Waals surface area contributed by atoms with Gasteiger partial charge in [-0.25, -0.2) is 0 Å². The Morgan fingerprint density at radius 3 is 2.89 bits per heavy atom. The Morgan fingerprint density at radius 2 is 2.44 bits per heavy atom. The van der Waals surface area contributed by atoms with Gasteiger partial charge in [0, 0.05) is 12.3 Å². The summed E-state index contributed by atoms with van der Waals surface area (Å²) in [5, 5.41) is 0. The summed E-state index contributed by atoms with van der Waals surface area (Å²) < 4.78 is 6.08. The van der Waals surface area contributed by atoms with Crippen LogP contribution in [0.1, 0.15) is 5.76 Å². The fraction of sp³-hybridized carbons (Fsp3) is 0.333. The highest BCUT2D eigenvalue weighted by molar-refractivity contribution is 9.10. The van der Waals surface area contributed by atoms with Crippen molar-refractivity contribution in [1.29, 1.82) is 0 Å². The lowest BCUT2D eigenvalue weighted by Crippen LogP contribution is -1.81. The lowest BCUT2D eigenvalue weighted by atomic mass is 10.4. The van der Waals surface area contributed by atoms with Gasteiger partial charge in [0.05, 0.1) is 10.7 Å². The summed E-state index contributed by atoms with van der Waals surface area (Å²) in [6, 6.07) is 1.86. The third kappa shape index (κ3) is 1.73. The molecule has 0 N–H and O–H groups in total. The van der Waals surface area contributed by atoms with Gasteiger partial charge in [-0.05, 0) is 22.0 Å². The van der Waals surface area contributed by atoms with E-state index in [1.807, 2.05) is 6.07 Å². The van der Waals surface area contributed by atoms with Crippen LogP contribution in [-0.2, 0) is 6.42 Å². The molecule has 1 heterocycles. The van der Waals surface area contributed by atoms with Gasteiger partial charge in [-0.15, -0.1) is 11.6 Å². The Kier molecular flexibility index (Phi) is 2.61. The Hall–Kier alpha value is 0.0500. The molecule has 1 rings (SSSR count). The quantitative estimate of drug-likeness (QED) is 0.683. The molecule has 0 amide bonds. The Bertz CT molecular complexity index is 185. The van der Waals surface area contributed by atoms with E-state index >= 15 is 0 Å². The highest BCUT2D eigenvalue weighted by Crippen LogP contribution is 2.17. The van der Waals surface area contributed by atoms with Crippen molar-refractivity contribution in [3.63, 3.8) is 0 Å². The summed E-state index contributed by atoms with van der Waals surface area (Å²) in [6.45, 7) is 0. The van der Waals surface area contributed by atoms with E-state index in [1.165, 1.54) is 0 Å². The molecular weight excluding hydrogens is 203 g/mol. The Labute approximate surface area is 67.1 Å². The summed E-state index contributed by atoms with van der Waals surface area (Å²) in [5.41, 5.74) is 0. The van der Waals surface area contributed by atoms with Crippen LogP contribution in [-0.4, -0.2) is 5.88 Å². The van der Waals surface area contributed by atoms with E-state index in [4.69, 9.17) is 16.0 Å². The molecule has 9 heavy (non-hydrogen) atoms. The fourth-order valence-electron chi connectivity index (χ4n) is 0.589. The van der Waals surface area contributed by atoms with Crippen molar-refractivity contribution >= 4 is 27.5 Å². The largest absolute Gasteiger partial charge is 0.468 e. The van der Waals surface area contributed by atoms with E-state index in [2.05, 4.69) is 15.9 Å². The molecule has 0 radical (unpaired) electrons. The number of rotatable bonds is 2. The van der Waals surface area contributed by atoms with E-state index in [9.17, 15) is 0 Å². The molecule has 0 fully saturated rings. The van der Waals surface area contributed by atoms with Gasteiger partial charge < -0.3 is 4.42 Å². The van der Waals surface area contributed by atoms with Crippen molar-refractivity contribution in [3.8, 4) is 0 Å². The molecule has 1 aromatic heterocycles. The van der Waals surface area contributed by atoms with Crippen molar-refractivity contribution in [1.82, 2.24) is 0 Å². The molecule has 0 atom stereocenters. The number of hydrogen-bond acceptors (Lipinski definition) is 1. The van der Waals surface area contributed by atoms with Crippen LogP contribution in [0.3, 0.4) is 0 Å². The Balaban J connectivity index is 2.69. The lowest BCUT2D eigenvalue weighted by Gasteiger charge is -1.88. The highest BCUT2D eigenvalue weighted by atomic mass is 79.9. The Morgan fingerprint density at radius 1 is 1.67 bits per heavy atom. The summed E-state index contributed by atoms with van der Waals surface area (Å²) in [4.78, 5) is 0. The molecule has 0 spiro atoms. The molecule has 0 aliphatic heterocycles. The average molecular weight is 209 g/mol. The second-order valence-electron chi connectivity index (χ2n) is 1.63. The van der Waals surface area contributed by atoms with Crippen LogP contribution >= 0.6 is 27.5 Å². The monoisotopic (exact) mass is 208 g/mol. The van der Waals surface area contributed by atoms with Crippen molar-refractivity contribution in [2.24, 2.45) is 0 Å². The van der Waals surface area contributed by atoms with Crippen LogP contribution in [0.4, 0.5) is 0 Å². The van der Waals surface area contributed by atoms with Crippen molar-refractivity contribution in [2.45, 2.75) is 6.42 Å². The third-order valence-corrected chi connectivity index (χ3v) is 1.91. The molecule has 3 heteroatoms. The van der Waals surface area contributed by atoms with Crippen LogP contribution in [0.15, 0.2) is 21.2 Å². The topological polar surface area (TPSA) is 13.1 Å². The molecule has 50 valence electrons. The second-order valence-corrected chi connectivity index (χ2v) is 2.86. The van der Waals surface area contributed by atoms with Gasteiger partial charge in [-0.2, -0.15) is 0 Å². The van der Waals surface area contributed by atoms with Gasteiger partial charge in [0.1, 0.15) is 5.76 Å². The minimum Gasteiger partial charge on any atom is -0.468 e. The number of aryl methyl sites for hydroxylation is 1. The van der Waals surface area contributed by atoms with E-state index in [1.54, 1.807) is 6.26 Å². The maximum atomic E-state index is 5.48. The second kappa shape index (κ2) is 3.28. The summed E-state index contributed by atoms with van der Waals surface area (Å²) >= 11 is 8.80. The summed E-state index contributed by atoms with van der Waals surface area (Å²) in [5.74, 6) is 1.52. The molecule has 0 saturated heterocycles. The van der Waals surface area contributed by atoms with Gasteiger partial charge in [0.25, 0.3) is 0 Å².